The minimum absolute atomic E-state index is 0.166. The van der Waals surface area contributed by atoms with E-state index in [0.717, 1.165) is 12.1 Å². The summed E-state index contributed by atoms with van der Waals surface area (Å²) in [4.78, 5) is 25.5. The van der Waals surface area contributed by atoms with Crippen LogP contribution in [0.1, 0.15) is 18.4 Å². The Balaban J connectivity index is 1.71. The molecule has 130 valence electrons. The van der Waals surface area contributed by atoms with Crippen molar-refractivity contribution in [2.75, 3.05) is 23.3 Å². The lowest BCUT2D eigenvalue weighted by molar-refractivity contribution is -0.117. The Morgan fingerprint density at radius 3 is 2.36 bits per heavy atom. The largest absolute Gasteiger partial charge is 0.336 e. The van der Waals surface area contributed by atoms with Gasteiger partial charge in [-0.1, -0.05) is 6.07 Å². The number of hydrogen-bond acceptors (Lipinski definition) is 2. The van der Waals surface area contributed by atoms with E-state index in [0.29, 0.717) is 24.5 Å². The van der Waals surface area contributed by atoms with Gasteiger partial charge in [0.2, 0.25) is 5.91 Å². The molecule has 2 N–H and O–H groups in total. The van der Waals surface area contributed by atoms with Gasteiger partial charge >= 0.3 is 6.03 Å². The van der Waals surface area contributed by atoms with Crippen LogP contribution in [-0.2, 0) is 4.79 Å². The van der Waals surface area contributed by atoms with Gasteiger partial charge in [0.05, 0.1) is 5.92 Å². The Kier molecular flexibility index (Phi) is 4.65. The normalized spacial score (nSPS) is 15.0. The summed E-state index contributed by atoms with van der Waals surface area (Å²) < 4.78 is 27.6. The van der Waals surface area contributed by atoms with Crippen molar-refractivity contribution in [3.8, 4) is 0 Å². The molecule has 7 heteroatoms. The first kappa shape index (κ1) is 16.9. The number of rotatable bonds is 4. The third-order valence-electron chi connectivity index (χ3n) is 4.13. The zero-order valence-corrected chi connectivity index (χ0v) is 13.6. The molecule has 1 aliphatic heterocycles. The smallest absolute Gasteiger partial charge is 0.321 e. The molecule has 2 aromatic carbocycles. The van der Waals surface area contributed by atoms with Crippen LogP contribution in [0.15, 0.2) is 42.5 Å². The first-order valence-corrected chi connectivity index (χ1v) is 7.87. The molecule has 1 atom stereocenters. The van der Waals surface area contributed by atoms with Crippen molar-refractivity contribution in [2.24, 2.45) is 0 Å². The van der Waals surface area contributed by atoms with Crippen molar-refractivity contribution in [3.05, 3.63) is 59.7 Å². The monoisotopic (exact) mass is 345 g/mol. The van der Waals surface area contributed by atoms with Gasteiger partial charge in [0, 0.05) is 30.0 Å². The van der Waals surface area contributed by atoms with E-state index in [-0.39, 0.29) is 11.6 Å². The number of nitrogens with one attached hydrogen (secondary N) is 2. The zero-order valence-electron chi connectivity index (χ0n) is 13.6. The maximum Gasteiger partial charge on any atom is 0.321 e. The molecular formula is C18H17F2N3O2. The highest BCUT2D eigenvalue weighted by Gasteiger charge is 2.23. The van der Waals surface area contributed by atoms with Crippen molar-refractivity contribution in [3.63, 3.8) is 0 Å². The van der Waals surface area contributed by atoms with Gasteiger partial charge in [0.15, 0.2) is 0 Å². The number of carbonyl (C=O) groups is 2. The molecule has 0 radical (unpaired) electrons. The quantitative estimate of drug-likeness (QED) is 0.894. The second kappa shape index (κ2) is 6.88. The average Bonchev–Trinajstić information content (AvgIpc) is 3.01. The van der Waals surface area contributed by atoms with Crippen LogP contribution in [0.25, 0.3) is 0 Å². The van der Waals surface area contributed by atoms with Crippen LogP contribution >= 0.6 is 0 Å². The minimum atomic E-state index is -0.981. The summed E-state index contributed by atoms with van der Waals surface area (Å²) in [7, 11) is 0. The number of urea groups is 1. The lowest BCUT2D eigenvalue weighted by Crippen LogP contribution is -2.27. The Bertz CT molecular complexity index is 788. The summed E-state index contributed by atoms with van der Waals surface area (Å²) in [6.45, 7) is 2.61. The summed E-state index contributed by atoms with van der Waals surface area (Å²) >= 11 is 0. The Hall–Kier alpha value is -2.96. The number of amides is 3. The fourth-order valence-corrected chi connectivity index (χ4v) is 2.75. The van der Waals surface area contributed by atoms with Crippen LogP contribution in [0.3, 0.4) is 0 Å². The average molecular weight is 345 g/mol. The molecule has 0 unspecified atom stereocenters. The van der Waals surface area contributed by atoms with Crippen LogP contribution in [0, 0.1) is 11.6 Å². The molecule has 0 bridgehead atoms. The van der Waals surface area contributed by atoms with Gasteiger partial charge in [-0.3, -0.25) is 9.69 Å². The number of benzene rings is 2. The SMILES string of the molecule is C[C@@H](C(=O)Nc1ccc(N2CCNC2=O)cc1)c1c(F)cccc1F. The van der Waals surface area contributed by atoms with Gasteiger partial charge in [-0.2, -0.15) is 0 Å². The number of nitrogens with zero attached hydrogens (tertiary/aromatic N) is 1. The third-order valence-corrected chi connectivity index (χ3v) is 4.13. The second-order valence-corrected chi connectivity index (χ2v) is 5.78. The van der Waals surface area contributed by atoms with E-state index in [1.54, 1.807) is 29.2 Å². The zero-order chi connectivity index (χ0) is 18.0. The number of hydrogen-bond donors (Lipinski definition) is 2. The second-order valence-electron chi connectivity index (χ2n) is 5.78. The molecule has 0 aliphatic carbocycles. The van der Waals surface area contributed by atoms with E-state index in [2.05, 4.69) is 10.6 Å². The molecule has 3 amide bonds. The molecule has 2 aromatic rings. The molecule has 1 fully saturated rings. The van der Waals surface area contributed by atoms with Crippen LogP contribution in [0.5, 0.6) is 0 Å². The summed E-state index contributed by atoms with van der Waals surface area (Å²) in [5.74, 6) is -3.00. The molecule has 1 aliphatic rings. The molecule has 0 spiro atoms. The van der Waals surface area contributed by atoms with E-state index in [4.69, 9.17) is 0 Å². The molecular weight excluding hydrogens is 328 g/mol. The molecule has 0 aromatic heterocycles. The predicted molar refractivity (Wildman–Crippen MR) is 90.6 cm³/mol. The van der Waals surface area contributed by atoms with Gasteiger partial charge in [-0.05, 0) is 43.3 Å². The molecule has 3 rings (SSSR count). The number of carbonyl (C=O) groups excluding carboxylic acids is 2. The van der Waals surface area contributed by atoms with E-state index in [9.17, 15) is 18.4 Å². The first-order valence-electron chi connectivity index (χ1n) is 7.87. The highest BCUT2D eigenvalue weighted by molar-refractivity contribution is 5.97. The van der Waals surface area contributed by atoms with E-state index in [1.165, 1.54) is 13.0 Å². The van der Waals surface area contributed by atoms with E-state index in [1.807, 2.05) is 0 Å². The molecule has 5 nitrogen and oxygen atoms in total. The van der Waals surface area contributed by atoms with Gasteiger partial charge in [-0.25, -0.2) is 13.6 Å². The minimum Gasteiger partial charge on any atom is -0.336 e. The van der Waals surface area contributed by atoms with Crippen LogP contribution in [-0.4, -0.2) is 25.0 Å². The van der Waals surface area contributed by atoms with Crippen LogP contribution in [0.2, 0.25) is 0 Å². The Morgan fingerprint density at radius 1 is 1.16 bits per heavy atom. The maximum atomic E-state index is 13.8. The summed E-state index contributed by atoms with van der Waals surface area (Å²) in [5.41, 5.74) is 0.934. The highest BCUT2D eigenvalue weighted by Crippen LogP contribution is 2.25. The van der Waals surface area contributed by atoms with E-state index >= 15 is 0 Å². The fourth-order valence-electron chi connectivity index (χ4n) is 2.75. The van der Waals surface area contributed by atoms with Gasteiger partial charge < -0.3 is 10.6 Å². The van der Waals surface area contributed by atoms with Crippen molar-refractivity contribution in [1.29, 1.82) is 0 Å². The van der Waals surface area contributed by atoms with Crippen molar-refractivity contribution in [1.82, 2.24) is 5.32 Å². The topological polar surface area (TPSA) is 61.4 Å². The lowest BCUT2D eigenvalue weighted by Gasteiger charge is -2.16. The van der Waals surface area contributed by atoms with Crippen LogP contribution in [0.4, 0.5) is 25.0 Å². The number of anilines is 2. The Morgan fingerprint density at radius 2 is 1.80 bits per heavy atom. The fraction of sp³-hybridized carbons (Fsp3) is 0.222. The third kappa shape index (κ3) is 3.45. The molecule has 1 saturated heterocycles. The van der Waals surface area contributed by atoms with Crippen LogP contribution < -0.4 is 15.5 Å². The maximum absolute atomic E-state index is 13.8. The highest BCUT2D eigenvalue weighted by atomic mass is 19.1. The van der Waals surface area contributed by atoms with Crippen molar-refractivity contribution in [2.45, 2.75) is 12.8 Å². The number of halogens is 2. The van der Waals surface area contributed by atoms with Gasteiger partial charge in [-0.15, -0.1) is 0 Å². The molecule has 1 heterocycles. The van der Waals surface area contributed by atoms with Gasteiger partial charge in [0.25, 0.3) is 0 Å². The predicted octanol–water partition coefficient (Wildman–Crippen LogP) is 3.24. The summed E-state index contributed by atoms with van der Waals surface area (Å²) in [6.07, 6.45) is 0. The summed E-state index contributed by atoms with van der Waals surface area (Å²) in [6, 6.07) is 10.0. The molecule has 25 heavy (non-hydrogen) atoms. The van der Waals surface area contributed by atoms with E-state index < -0.39 is 23.5 Å². The van der Waals surface area contributed by atoms with Crippen molar-refractivity contribution < 1.29 is 18.4 Å². The standard InChI is InChI=1S/C18H17F2N3O2/c1-11(16-14(19)3-2-4-15(16)20)17(24)22-12-5-7-13(8-6-12)23-10-9-21-18(23)25/h2-8,11H,9-10H2,1H3,(H,21,25)(H,22,24)/t11-/m1/s1. The van der Waals surface area contributed by atoms with Gasteiger partial charge in [0.1, 0.15) is 11.6 Å². The Labute approximate surface area is 143 Å². The lowest BCUT2D eigenvalue weighted by atomic mass is 9.99. The summed E-state index contributed by atoms with van der Waals surface area (Å²) in [5, 5.41) is 5.34. The first-order chi connectivity index (χ1) is 12.0. The van der Waals surface area contributed by atoms with Crippen molar-refractivity contribution >= 4 is 23.3 Å². The molecule has 0 saturated carbocycles.